The summed E-state index contributed by atoms with van der Waals surface area (Å²) in [4.78, 5) is 14.8. The topological polar surface area (TPSA) is 53.8 Å². The normalized spacial score (nSPS) is 11.7. The van der Waals surface area contributed by atoms with Crippen LogP contribution in [0.5, 0.6) is 0 Å². The van der Waals surface area contributed by atoms with Crippen LogP contribution in [0.2, 0.25) is 0 Å². The van der Waals surface area contributed by atoms with Crippen molar-refractivity contribution < 1.29 is 4.79 Å². The zero-order valence-electron chi connectivity index (χ0n) is 8.81. The standard InChI is InChI=1S/C12H14N2O/c1-2-10(5-4-8-13)12-7-3-6-11(9-15)14-12/h3,6-7,9-10H,2,4-5H2,1H3. The Morgan fingerprint density at radius 3 is 3.00 bits per heavy atom. The van der Waals surface area contributed by atoms with Gasteiger partial charge in [0.2, 0.25) is 0 Å². The van der Waals surface area contributed by atoms with Crippen molar-refractivity contribution in [3.63, 3.8) is 0 Å². The summed E-state index contributed by atoms with van der Waals surface area (Å²) >= 11 is 0. The molecule has 1 aromatic heterocycles. The van der Waals surface area contributed by atoms with Gasteiger partial charge in [0.25, 0.3) is 0 Å². The molecule has 1 rings (SSSR count). The Morgan fingerprint density at radius 2 is 2.40 bits per heavy atom. The molecule has 0 saturated heterocycles. The second-order valence-electron chi connectivity index (χ2n) is 3.41. The third-order valence-electron chi connectivity index (χ3n) is 2.43. The number of carbonyl (C=O) groups excluding carboxylic acids is 1. The molecule has 0 bridgehead atoms. The van der Waals surface area contributed by atoms with Gasteiger partial charge in [0.05, 0.1) is 6.07 Å². The molecule has 0 radical (unpaired) electrons. The van der Waals surface area contributed by atoms with Gasteiger partial charge in [0.1, 0.15) is 5.69 Å². The van der Waals surface area contributed by atoms with Gasteiger partial charge in [-0.2, -0.15) is 5.26 Å². The maximum absolute atomic E-state index is 10.6. The highest BCUT2D eigenvalue weighted by atomic mass is 16.1. The van der Waals surface area contributed by atoms with Crippen molar-refractivity contribution in [1.29, 1.82) is 5.26 Å². The lowest BCUT2D eigenvalue weighted by Gasteiger charge is -2.12. The van der Waals surface area contributed by atoms with Crippen LogP contribution in [0.4, 0.5) is 0 Å². The molecular formula is C12H14N2O. The third kappa shape index (κ3) is 3.17. The van der Waals surface area contributed by atoms with Crippen LogP contribution in [0.25, 0.3) is 0 Å². The number of aromatic nitrogens is 1. The Morgan fingerprint density at radius 1 is 1.60 bits per heavy atom. The average Bonchev–Trinajstić information content (AvgIpc) is 2.30. The average molecular weight is 202 g/mol. The Bertz CT molecular complexity index is 368. The minimum Gasteiger partial charge on any atom is -0.296 e. The van der Waals surface area contributed by atoms with E-state index in [1.54, 1.807) is 6.07 Å². The molecule has 1 atom stereocenters. The van der Waals surface area contributed by atoms with Gasteiger partial charge in [-0.1, -0.05) is 13.0 Å². The van der Waals surface area contributed by atoms with Gasteiger partial charge in [-0.3, -0.25) is 4.79 Å². The van der Waals surface area contributed by atoms with Crippen LogP contribution in [0.1, 0.15) is 48.3 Å². The minimum absolute atomic E-state index is 0.282. The summed E-state index contributed by atoms with van der Waals surface area (Å²) in [6.45, 7) is 2.07. The summed E-state index contributed by atoms with van der Waals surface area (Å²) in [6.07, 6.45) is 3.03. The molecule has 0 fully saturated rings. The molecule has 0 aliphatic carbocycles. The van der Waals surface area contributed by atoms with Gasteiger partial charge >= 0.3 is 0 Å². The van der Waals surface area contributed by atoms with Crippen molar-refractivity contribution in [2.45, 2.75) is 32.1 Å². The van der Waals surface area contributed by atoms with Crippen LogP contribution in [-0.2, 0) is 0 Å². The van der Waals surface area contributed by atoms with E-state index in [1.807, 2.05) is 12.1 Å². The first kappa shape index (κ1) is 11.4. The number of hydrogen-bond acceptors (Lipinski definition) is 3. The fraction of sp³-hybridized carbons (Fsp3) is 0.417. The Hall–Kier alpha value is -1.69. The first-order chi connectivity index (χ1) is 7.31. The van der Waals surface area contributed by atoms with Crippen molar-refractivity contribution in [2.75, 3.05) is 0 Å². The van der Waals surface area contributed by atoms with E-state index in [2.05, 4.69) is 18.0 Å². The van der Waals surface area contributed by atoms with E-state index in [1.165, 1.54) is 0 Å². The molecule has 0 saturated carbocycles. The van der Waals surface area contributed by atoms with Crippen molar-refractivity contribution in [3.05, 3.63) is 29.6 Å². The van der Waals surface area contributed by atoms with Gasteiger partial charge < -0.3 is 0 Å². The summed E-state index contributed by atoms with van der Waals surface area (Å²) in [7, 11) is 0. The maximum Gasteiger partial charge on any atom is 0.168 e. The largest absolute Gasteiger partial charge is 0.296 e. The molecule has 3 nitrogen and oxygen atoms in total. The van der Waals surface area contributed by atoms with Crippen LogP contribution < -0.4 is 0 Å². The van der Waals surface area contributed by atoms with Crippen LogP contribution in [0.15, 0.2) is 18.2 Å². The van der Waals surface area contributed by atoms with E-state index in [0.717, 1.165) is 24.8 Å². The summed E-state index contributed by atoms with van der Waals surface area (Å²) in [5.74, 6) is 0.282. The first-order valence-electron chi connectivity index (χ1n) is 5.11. The number of rotatable bonds is 5. The van der Waals surface area contributed by atoms with Crippen LogP contribution in [0.3, 0.4) is 0 Å². The second kappa shape index (κ2) is 5.92. The first-order valence-corrected chi connectivity index (χ1v) is 5.11. The highest BCUT2D eigenvalue weighted by Crippen LogP contribution is 2.22. The Kier molecular flexibility index (Phi) is 4.49. The molecule has 0 aromatic carbocycles. The molecule has 0 spiro atoms. The lowest BCUT2D eigenvalue weighted by molar-refractivity contribution is 0.111. The third-order valence-corrected chi connectivity index (χ3v) is 2.43. The maximum atomic E-state index is 10.6. The van der Waals surface area contributed by atoms with Crippen molar-refractivity contribution in [3.8, 4) is 6.07 Å². The summed E-state index contributed by atoms with van der Waals surface area (Å²) in [5, 5.41) is 8.53. The predicted octanol–water partition coefficient (Wildman–Crippen LogP) is 2.69. The second-order valence-corrected chi connectivity index (χ2v) is 3.41. The van der Waals surface area contributed by atoms with Crippen molar-refractivity contribution >= 4 is 6.29 Å². The predicted molar refractivity (Wildman–Crippen MR) is 57.5 cm³/mol. The summed E-state index contributed by atoms with van der Waals surface area (Å²) in [5.41, 5.74) is 1.38. The van der Waals surface area contributed by atoms with Crippen LogP contribution in [0, 0.1) is 11.3 Å². The fourth-order valence-electron chi connectivity index (χ4n) is 1.56. The highest BCUT2D eigenvalue weighted by molar-refractivity contribution is 5.71. The van der Waals surface area contributed by atoms with Crippen LogP contribution in [-0.4, -0.2) is 11.3 Å². The summed E-state index contributed by atoms with van der Waals surface area (Å²) in [6, 6.07) is 7.57. The van der Waals surface area contributed by atoms with Gasteiger partial charge in [0.15, 0.2) is 6.29 Å². The number of hydrogen-bond donors (Lipinski definition) is 0. The van der Waals surface area contributed by atoms with E-state index in [9.17, 15) is 4.79 Å². The molecule has 1 heterocycles. The molecule has 1 unspecified atom stereocenters. The van der Waals surface area contributed by atoms with Gasteiger partial charge in [-0.05, 0) is 25.0 Å². The number of nitriles is 1. The van der Waals surface area contributed by atoms with Gasteiger partial charge in [-0.25, -0.2) is 4.98 Å². The lowest BCUT2D eigenvalue weighted by atomic mass is 9.96. The molecule has 0 amide bonds. The van der Waals surface area contributed by atoms with E-state index < -0.39 is 0 Å². The smallest absolute Gasteiger partial charge is 0.168 e. The lowest BCUT2D eigenvalue weighted by Crippen LogP contribution is -2.02. The SMILES string of the molecule is CCC(CCC#N)c1cccc(C=O)n1. The highest BCUT2D eigenvalue weighted by Gasteiger charge is 2.10. The van der Waals surface area contributed by atoms with Crippen molar-refractivity contribution in [1.82, 2.24) is 4.98 Å². The monoisotopic (exact) mass is 202 g/mol. The van der Waals surface area contributed by atoms with E-state index in [-0.39, 0.29) is 5.92 Å². The number of nitrogens with zero attached hydrogens (tertiary/aromatic N) is 2. The molecule has 78 valence electrons. The number of carbonyl (C=O) groups is 1. The molecular weight excluding hydrogens is 188 g/mol. The molecule has 0 N–H and O–H groups in total. The zero-order valence-corrected chi connectivity index (χ0v) is 8.81. The molecule has 3 heteroatoms. The van der Waals surface area contributed by atoms with Crippen LogP contribution >= 0.6 is 0 Å². The molecule has 1 aromatic rings. The Balaban J connectivity index is 2.82. The van der Waals surface area contributed by atoms with Crippen molar-refractivity contribution in [2.24, 2.45) is 0 Å². The molecule has 0 aliphatic heterocycles. The summed E-state index contributed by atoms with van der Waals surface area (Å²) < 4.78 is 0. The quantitative estimate of drug-likeness (QED) is 0.690. The van der Waals surface area contributed by atoms with Gasteiger partial charge in [-0.15, -0.1) is 0 Å². The van der Waals surface area contributed by atoms with E-state index in [4.69, 9.17) is 5.26 Å². The van der Waals surface area contributed by atoms with Gasteiger partial charge in [0, 0.05) is 18.0 Å². The Labute approximate surface area is 89.8 Å². The number of pyridine rings is 1. The fourth-order valence-corrected chi connectivity index (χ4v) is 1.56. The molecule has 0 aliphatic rings. The minimum atomic E-state index is 0.282. The molecule has 15 heavy (non-hydrogen) atoms. The zero-order chi connectivity index (χ0) is 11.1. The number of aldehydes is 1. The van der Waals surface area contributed by atoms with E-state index >= 15 is 0 Å². The van der Waals surface area contributed by atoms with E-state index in [0.29, 0.717) is 12.1 Å².